The monoisotopic (exact) mass is 480 g/mol. The molecule has 2 fully saturated rings. The van der Waals surface area contributed by atoms with Crippen molar-refractivity contribution in [1.82, 2.24) is 9.80 Å². The van der Waals surface area contributed by atoms with Crippen molar-refractivity contribution in [2.24, 2.45) is 10.7 Å². The number of hydrogen-bond acceptors (Lipinski definition) is 5. The number of aliphatic imine (C=N–C) groups is 1. The molecule has 0 aliphatic carbocycles. The molecule has 25 heavy (non-hydrogen) atoms. The van der Waals surface area contributed by atoms with Crippen LogP contribution in [0.3, 0.4) is 0 Å². The summed E-state index contributed by atoms with van der Waals surface area (Å²) in [7, 11) is 0. The summed E-state index contributed by atoms with van der Waals surface area (Å²) in [5.41, 5.74) is 6.25. The number of morpholine rings is 2. The van der Waals surface area contributed by atoms with Crippen molar-refractivity contribution in [3.8, 4) is 0 Å². The maximum absolute atomic E-state index is 6.25. The van der Waals surface area contributed by atoms with Gasteiger partial charge in [0.25, 0.3) is 0 Å². The Kier molecular flexibility index (Phi) is 8.40. The second-order valence-corrected chi connectivity index (χ2v) is 7.51. The summed E-state index contributed by atoms with van der Waals surface area (Å²) in [4.78, 5) is 10.7. The fraction of sp³-hybridized carbons (Fsp3) is 0.706. The Morgan fingerprint density at radius 2 is 2.00 bits per heavy atom. The fourth-order valence-electron chi connectivity index (χ4n) is 3.30. The number of ether oxygens (including phenoxy) is 2. The summed E-state index contributed by atoms with van der Waals surface area (Å²) in [6.45, 7) is 9.89. The van der Waals surface area contributed by atoms with Crippen LogP contribution < -0.4 is 5.73 Å². The Morgan fingerprint density at radius 3 is 2.64 bits per heavy atom. The molecule has 0 radical (unpaired) electrons. The molecule has 142 valence electrons. The third-order valence-electron chi connectivity index (χ3n) is 4.58. The van der Waals surface area contributed by atoms with Crippen LogP contribution in [0.25, 0.3) is 0 Å². The lowest BCUT2D eigenvalue weighted by Gasteiger charge is -2.36. The van der Waals surface area contributed by atoms with E-state index < -0.39 is 0 Å². The van der Waals surface area contributed by atoms with Crippen LogP contribution in [-0.4, -0.2) is 73.9 Å². The third-order valence-corrected chi connectivity index (χ3v) is 5.55. The SMILES string of the molecule is CC1CN(C(N)=NCC(c2cccs2)N2CCOC(C)C2)CCO1.I. The van der Waals surface area contributed by atoms with Gasteiger partial charge in [-0.25, -0.2) is 0 Å². The van der Waals surface area contributed by atoms with E-state index >= 15 is 0 Å². The molecule has 3 atom stereocenters. The fourth-order valence-corrected chi connectivity index (χ4v) is 4.15. The number of halogens is 1. The summed E-state index contributed by atoms with van der Waals surface area (Å²) in [6, 6.07) is 4.57. The summed E-state index contributed by atoms with van der Waals surface area (Å²) in [5.74, 6) is 0.632. The molecule has 2 aliphatic rings. The van der Waals surface area contributed by atoms with Gasteiger partial charge < -0.3 is 20.1 Å². The van der Waals surface area contributed by atoms with Crippen LogP contribution in [0, 0.1) is 0 Å². The second kappa shape index (κ2) is 10.1. The van der Waals surface area contributed by atoms with Gasteiger partial charge in [-0.05, 0) is 25.3 Å². The van der Waals surface area contributed by atoms with Crippen molar-refractivity contribution in [3.05, 3.63) is 22.4 Å². The molecule has 8 heteroatoms. The second-order valence-electron chi connectivity index (χ2n) is 6.53. The largest absolute Gasteiger partial charge is 0.376 e. The molecule has 3 rings (SSSR count). The average molecular weight is 480 g/mol. The summed E-state index contributed by atoms with van der Waals surface area (Å²) < 4.78 is 11.3. The number of hydrogen-bond donors (Lipinski definition) is 1. The van der Waals surface area contributed by atoms with Gasteiger partial charge in [-0.3, -0.25) is 9.89 Å². The maximum Gasteiger partial charge on any atom is 0.191 e. The van der Waals surface area contributed by atoms with Gasteiger partial charge in [0.15, 0.2) is 5.96 Å². The average Bonchev–Trinajstić information content (AvgIpc) is 3.09. The predicted molar refractivity (Wildman–Crippen MR) is 113 cm³/mol. The molecule has 1 aromatic heterocycles. The number of nitrogens with two attached hydrogens (primary N) is 1. The van der Waals surface area contributed by atoms with E-state index in [1.165, 1.54) is 4.88 Å². The van der Waals surface area contributed by atoms with E-state index in [4.69, 9.17) is 20.2 Å². The lowest BCUT2D eigenvalue weighted by Crippen LogP contribution is -2.48. The lowest BCUT2D eigenvalue weighted by molar-refractivity contribution is -0.0328. The van der Waals surface area contributed by atoms with E-state index in [1.807, 2.05) is 0 Å². The molecular weight excluding hydrogens is 451 g/mol. The summed E-state index contributed by atoms with van der Waals surface area (Å²) in [5, 5.41) is 2.13. The van der Waals surface area contributed by atoms with Crippen molar-refractivity contribution >= 4 is 41.3 Å². The highest BCUT2D eigenvalue weighted by atomic mass is 127. The smallest absolute Gasteiger partial charge is 0.191 e. The van der Waals surface area contributed by atoms with Gasteiger partial charge in [-0.2, -0.15) is 0 Å². The highest BCUT2D eigenvalue weighted by Crippen LogP contribution is 2.27. The zero-order chi connectivity index (χ0) is 16.9. The molecule has 2 saturated heterocycles. The molecule has 0 spiro atoms. The molecule has 3 heterocycles. The summed E-state index contributed by atoms with van der Waals surface area (Å²) in [6.07, 6.45) is 0.475. The topological polar surface area (TPSA) is 63.3 Å². The van der Waals surface area contributed by atoms with Crippen LogP contribution in [0.1, 0.15) is 24.8 Å². The Hall–Kier alpha value is -0.420. The molecule has 0 saturated carbocycles. The van der Waals surface area contributed by atoms with E-state index in [0.717, 1.165) is 32.8 Å². The first-order chi connectivity index (χ1) is 11.6. The molecule has 3 unspecified atom stereocenters. The van der Waals surface area contributed by atoms with Crippen molar-refractivity contribution in [3.63, 3.8) is 0 Å². The number of nitrogens with zero attached hydrogens (tertiary/aromatic N) is 3. The van der Waals surface area contributed by atoms with E-state index in [2.05, 4.69) is 41.2 Å². The van der Waals surface area contributed by atoms with Crippen LogP contribution >= 0.6 is 35.3 Å². The quantitative estimate of drug-likeness (QED) is 0.407. The molecule has 0 aromatic carbocycles. The van der Waals surface area contributed by atoms with Crippen molar-refractivity contribution in [1.29, 1.82) is 0 Å². The van der Waals surface area contributed by atoms with E-state index in [1.54, 1.807) is 11.3 Å². The van der Waals surface area contributed by atoms with Gasteiger partial charge in [-0.1, -0.05) is 6.07 Å². The highest BCUT2D eigenvalue weighted by molar-refractivity contribution is 14.0. The molecule has 1 aromatic rings. The van der Waals surface area contributed by atoms with Gasteiger partial charge in [-0.15, -0.1) is 35.3 Å². The molecule has 2 aliphatic heterocycles. The van der Waals surface area contributed by atoms with Gasteiger partial charge in [0, 0.05) is 31.1 Å². The van der Waals surface area contributed by atoms with Gasteiger partial charge in [0.1, 0.15) is 0 Å². The Morgan fingerprint density at radius 1 is 1.28 bits per heavy atom. The minimum absolute atomic E-state index is 0. The minimum Gasteiger partial charge on any atom is -0.376 e. The van der Waals surface area contributed by atoms with E-state index in [9.17, 15) is 0 Å². The van der Waals surface area contributed by atoms with Gasteiger partial charge >= 0.3 is 0 Å². The molecule has 2 N–H and O–H groups in total. The zero-order valence-electron chi connectivity index (χ0n) is 15.0. The Balaban J connectivity index is 0.00000225. The predicted octanol–water partition coefficient (Wildman–Crippen LogP) is 2.16. The standard InChI is InChI=1S/C17H28N4O2S.HI/c1-13-11-20(5-7-22-13)15(16-4-3-9-24-16)10-19-17(18)21-6-8-23-14(2)12-21;/h3-4,9,13-15H,5-8,10-12H2,1-2H3,(H2,18,19);1H. The number of guanidine groups is 1. The number of thiophene rings is 1. The van der Waals surface area contributed by atoms with Crippen molar-refractivity contribution < 1.29 is 9.47 Å². The molecule has 6 nitrogen and oxygen atoms in total. The van der Waals surface area contributed by atoms with E-state index in [0.29, 0.717) is 19.1 Å². The molecule has 0 bridgehead atoms. The first kappa shape index (κ1) is 20.9. The minimum atomic E-state index is 0. The van der Waals surface area contributed by atoms with Crippen LogP contribution in [0.15, 0.2) is 22.5 Å². The van der Waals surface area contributed by atoms with Crippen LogP contribution in [0.5, 0.6) is 0 Å². The Labute approximate surface area is 171 Å². The van der Waals surface area contributed by atoms with Crippen LogP contribution in [0.2, 0.25) is 0 Å². The Bertz CT molecular complexity index is 543. The highest BCUT2D eigenvalue weighted by Gasteiger charge is 2.26. The van der Waals surface area contributed by atoms with Crippen LogP contribution in [0.4, 0.5) is 0 Å². The maximum atomic E-state index is 6.25. The summed E-state index contributed by atoms with van der Waals surface area (Å²) >= 11 is 1.79. The number of rotatable bonds is 4. The first-order valence-corrected chi connectivity index (χ1v) is 9.57. The zero-order valence-corrected chi connectivity index (χ0v) is 18.1. The van der Waals surface area contributed by atoms with Gasteiger partial charge in [0.2, 0.25) is 0 Å². The molecule has 0 amide bonds. The van der Waals surface area contributed by atoms with Crippen molar-refractivity contribution in [2.75, 3.05) is 45.9 Å². The lowest BCUT2D eigenvalue weighted by atomic mass is 10.1. The first-order valence-electron chi connectivity index (χ1n) is 8.69. The normalized spacial score (nSPS) is 27.0. The van der Waals surface area contributed by atoms with Crippen LogP contribution in [-0.2, 0) is 9.47 Å². The van der Waals surface area contributed by atoms with E-state index in [-0.39, 0.29) is 42.2 Å². The molecular formula is C17H29IN4O2S. The van der Waals surface area contributed by atoms with Gasteiger partial charge in [0.05, 0.1) is 38.0 Å². The van der Waals surface area contributed by atoms with Crippen molar-refractivity contribution in [2.45, 2.75) is 32.1 Å². The third kappa shape index (κ3) is 5.78.